The van der Waals surface area contributed by atoms with Crippen molar-refractivity contribution in [3.63, 3.8) is 0 Å². The summed E-state index contributed by atoms with van der Waals surface area (Å²) in [5.41, 5.74) is 7.87. The van der Waals surface area contributed by atoms with Crippen molar-refractivity contribution in [3.05, 3.63) is 29.8 Å². The lowest BCUT2D eigenvalue weighted by Crippen LogP contribution is -2.37. The first-order valence-electron chi connectivity index (χ1n) is 7.28. The molecule has 1 saturated heterocycles. The van der Waals surface area contributed by atoms with Gasteiger partial charge in [-0.2, -0.15) is 0 Å². The fourth-order valence-electron chi connectivity index (χ4n) is 2.60. The Morgan fingerprint density at radius 3 is 2.47 bits per heavy atom. The number of hydrogen-bond donors (Lipinski definition) is 1. The van der Waals surface area contributed by atoms with Crippen LogP contribution in [0.5, 0.6) is 0 Å². The molecule has 1 aromatic rings. The highest BCUT2D eigenvalue weighted by atomic mass is 16.5. The summed E-state index contributed by atoms with van der Waals surface area (Å²) in [6.07, 6.45) is 3.20. The Bertz CT molecular complexity index is 388. The van der Waals surface area contributed by atoms with E-state index >= 15 is 0 Å². The monoisotopic (exact) mass is 262 g/mol. The van der Waals surface area contributed by atoms with Gasteiger partial charge in [0.2, 0.25) is 0 Å². The molecule has 0 spiro atoms. The third-order valence-electron chi connectivity index (χ3n) is 3.85. The molecule has 3 heteroatoms. The second-order valence-electron chi connectivity index (χ2n) is 5.91. The van der Waals surface area contributed by atoms with E-state index in [0.717, 1.165) is 18.8 Å². The number of rotatable bonds is 5. The van der Waals surface area contributed by atoms with Crippen LogP contribution in [0.2, 0.25) is 0 Å². The molecule has 0 aliphatic carbocycles. The molecule has 0 bridgehead atoms. The van der Waals surface area contributed by atoms with E-state index in [1.54, 1.807) is 0 Å². The van der Waals surface area contributed by atoms with Crippen LogP contribution in [-0.2, 0) is 11.3 Å². The molecule has 3 nitrogen and oxygen atoms in total. The maximum Gasteiger partial charge on any atom is 0.0706 e. The van der Waals surface area contributed by atoms with E-state index in [1.807, 2.05) is 12.1 Å². The zero-order valence-electron chi connectivity index (χ0n) is 12.3. The molecule has 2 atom stereocenters. The first-order valence-corrected chi connectivity index (χ1v) is 7.28. The lowest BCUT2D eigenvalue weighted by molar-refractivity contribution is 0.0225. The Hall–Kier alpha value is -1.06. The van der Waals surface area contributed by atoms with Gasteiger partial charge >= 0.3 is 0 Å². The molecule has 1 aliphatic rings. The number of nitrogens with zero attached hydrogens (tertiary/aromatic N) is 1. The van der Waals surface area contributed by atoms with Crippen LogP contribution in [0, 0.1) is 0 Å². The minimum atomic E-state index is 0.395. The fraction of sp³-hybridized carbons (Fsp3) is 0.625. The highest BCUT2D eigenvalue weighted by molar-refractivity contribution is 5.39. The zero-order valence-corrected chi connectivity index (χ0v) is 12.3. The minimum absolute atomic E-state index is 0.395. The van der Waals surface area contributed by atoms with Gasteiger partial charge < -0.3 is 10.5 Å². The van der Waals surface area contributed by atoms with Crippen molar-refractivity contribution >= 4 is 5.69 Å². The topological polar surface area (TPSA) is 38.5 Å². The van der Waals surface area contributed by atoms with Gasteiger partial charge in [0.15, 0.2) is 0 Å². The summed E-state index contributed by atoms with van der Waals surface area (Å²) < 4.78 is 5.94. The summed E-state index contributed by atoms with van der Waals surface area (Å²) in [5.74, 6) is 0. The van der Waals surface area contributed by atoms with Gasteiger partial charge in [-0.05, 0) is 51.3 Å². The Morgan fingerprint density at radius 2 is 1.95 bits per heavy atom. The van der Waals surface area contributed by atoms with Crippen LogP contribution in [0.3, 0.4) is 0 Å². The van der Waals surface area contributed by atoms with Crippen LogP contribution in [0.25, 0.3) is 0 Å². The van der Waals surface area contributed by atoms with E-state index < -0.39 is 0 Å². The first kappa shape index (κ1) is 14.4. The Balaban J connectivity index is 1.94. The minimum Gasteiger partial charge on any atom is -0.399 e. The molecule has 1 aliphatic heterocycles. The molecular formula is C16H26N2O. The summed E-state index contributed by atoms with van der Waals surface area (Å²) in [4.78, 5) is 2.48. The predicted molar refractivity (Wildman–Crippen MR) is 80.0 cm³/mol. The molecule has 1 aromatic carbocycles. The van der Waals surface area contributed by atoms with Crippen molar-refractivity contribution in [2.45, 2.75) is 58.4 Å². The Labute approximate surface area is 116 Å². The highest BCUT2D eigenvalue weighted by Gasteiger charge is 2.24. The highest BCUT2D eigenvalue weighted by Crippen LogP contribution is 2.21. The lowest BCUT2D eigenvalue weighted by Gasteiger charge is -2.29. The van der Waals surface area contributed by atoms with Gasteiger partial charge in [-0.25, -0.2) is 0 Å². The van der Waals surface area contributed by atoms with Gasteiger partial charge in [-0.1, -0.05) is 12.1 Å². The average molecular weight is 262 g/mol. The Kier molecular flexibility index (Phi) is 4.83. The normalized spacial score (nSPS) is 23.4. The van der Waals surface area contributed by atoms with Gasteiger partial charge in [0.25, 0.3) is 0 Å². The summed E-state index contributed by atoms with van der Waals surface area (Å²) in [7, 11) is 0. The van der Waals surface area contributed by atoms with Gasteiger partial charge in [-0.15, -0.1) is 0 Å². The largest absolute Gasteiger partial charge is 0.399 e. The lowest BCUT2D eigenvalue weighted by atomic mass is 10.1. The van der Waals surface area contributed by atoms with Gasteiger partial charge in [-0.3, -0.25) is 4.90 Å². The van der Waals surface area contributed by atoms with Crippen LogP contribution in [0.1, 0.15) is 39.2 Å². The first-order chi connectivity index (χ1) is 9.04. The Morgan fingerprint density at radius 1 is 1.26 bits per heavy atom. The third-order valence-corrected chi connectivity index (χ3v) is 3.85. The maximum atomic E-state index is 5.94. The fourth-order valence-corrected chi connectivity index (χ4v) is 2.60. The van der Waals surface area contributed by atoms with E-state index in [1.165, 1.54) is 18.4 Å². The number of anilines is 1. The molecule has 0 saturated carbocycles. The zero-order chi connectivity index (χ0) is 13.8. The van der Waals surface area contributed by atoms with Crippen LogP contribution >= 0.6 is 0 Å². The van der Waals surface area contributed by atoms with Crippen molar-refractivity contribution in [1.82, 2.24) is 4.90 Å². The quantitative estimate of drug-likeness (QED) is 0.829. The van der Waals surface area contributed by atoms with E-state index in [0.29, 0.717) is 18.2 Å². The smallest absolute Gasteiger partial charge is 0.0706 e. The van der Waals surface area contributed by atoms with E-state index in [9.17, 15) is 0 Å². The summed E-state index contributed by atoms with van der Waals surface area (Å²) in [6, 6.07) is 8.70. The van der Waals surface area contributed by atoms with E-state index in [2.05, 4.69) is 37.8 Å². The average Bonchev–Trinajstić information content (AvgIpc) is 2.76. The number of hydrogen-bond acceptors (Lipinski definition) is 3. The molecule has 2 unspecified atom stereocenters. The van der Waals surface area contributed by atoms with Crippen LogP contribution in [0.4, 0.5) is 5.69 Å². The number of nitrogen functional groups attached to an aromatic ring is 1. The molecule has 19 heavy (non-hydrogen) atoms. The van der Waals surface area contributed by atoms with Crippen molar-refractivity contribution < 1.29 is 4.74 Å². The molecular weight excluding hydrogens is 236 g/mol. The molecule has 106 valence electrons. The van der Waals surface area contributed by atoms with Crippen molar-refractivity contribution in [2.24, 2.45) is 0 Å². The number of ether oxygens (including phenoxy) is 1. The van der Waals surface area contributed by atoms with Crippen LogP contribution in [-0.4, -0.2) is 29.7 Å². The molecule has 0 amide bonds. The molecule has 0 radical (unpaired) electrons. The molecule has 0 aromatic heterocycles. The van der Waals surface area contributed by atoms with Gasteiger partial charge in [0.05, 0.1) is 12.2 Å². The predicted octanol–water partition coefficient (Wildman–Crippen LogP) is 3.05. The van der Waals surface area contributed by atoms with Crippen LogP contribution < -0.4 is 5.73 Å². The number of nitrogens with two attached hydrogens (primary N) is 1. The summed E-state index contributed by atoms with van der Waals surface area (Å²) >= 11 is 0. The maximum absolute atomic E-state index is 5.94. The second-order valence-corrected chi connectivity index (χ2v) is 5.91. The van der Waals surface area contributed by atoms with E-state index in [4.69, 9.17) is 10.5 Å². The molecule has 2 rings (SSSR count). The van der Waals surface area contributed by atoms with Crippen molar-refractivity contribution in [3.8, 4) is 0 Å². The molecule has 1 heterocycles. The summed E-state index contributed by atoms with van der Waals surface area (Å²) in [5, 5.41) is 0. The van der Waals surface area contributed by atoms with Crippen molar-refractivity contribution in [1.29, 1.82) is 0 Å². The molecule has 2 N–H and O–H groups in total. The third kappa shape index (κ3) is 4.22. The molecule has 1 fully saturated rings. The number of benzene rings is 1. The van der Waals surface area contributed by atoms with E-state index in [-0.39, 0.29) is 0 Å². The summed E-state index contributed by atoms with van der Waals surface area (Å²) in [6.45, 7) is 8.64. The standard InChI is InChI=1S/C16H26N2O/c1-12(2)18(11-16-9-4-13(3)19-16)10-14-5-7-15(17)8-6-14/h5-8,12-13,16H,4,9-11,17H2,1-3H3. The van der Waals surface area contributed by atoms with Gasteiger partial charge in [0, 0.05) is 24.8 Å². The van der Waals surface area contributed by atoms with Crippen LogP contribution in [0.15, 0.2) is 24.3 Å². The second kappa shape index (κ2) is 6.40. The van der Waals surface area contributed by atoms with Crippen molar-refractivity contribution in [2.75, 3.05) is 12.3 Å². The SMILES string of the molecule is CC1CCC(CN(Cc2ccc(N)cc2)C(C)C)O1. The van der Waals surface area contributed by atoms with Gasteiger partial charge in [0.1, 0.15) is 0 Å².